The molecule has 2 amide bonds. The minimum Gasteiger partial charge on any atom is -0.457 e. The van der Waals surface area contributed by atoms with E-state index in [1.165, 1.54) is 0 Å². The number of nitrogens with one attached hydrogen (secondary N) is 1. The number of aliphatic hydroxyl groups excluding tert-OH is 1. The third-order valence-corrected chi connectivity index (χ3v) is 4.78. The molecule has 2 N–H and O–H groups in total. The van der Waals surface area contributed by atoms with Crippen LogP contribution in [-0.4, -0.2) is 28.6 Å². The van der Waals surface area contributed by atoms with Gasteiger partial charge < -0.3 is 20.1 Å². The van der Waals surface area contributed by atoms with E-state index in [1.54, 1.807) is 29.2 Å². The molecule has 5 heteroatoms. The number of carbonyl (C=O) groups excluding carboxylic acids is 1. The maximum atomic E-state index is 12.8. The van der Waals surface area contributed by atoms with Crippen LogP contribution in [0.3, 0.4) is 0 Å². The van der Waals surface area contributed by atoms with E-state index in [1.807, 2.05) is 74.5 Å². The molecule has 0 aliphatic carbocycles. The fraction of sp³-hybridized carbons (Fsp3) is 0.208. The Labute approximate surface area is 171 Å². The number of likely N-dealkylation sites (N-methyl/N-ethyl adjacent to an activating group) is 1. The van der Waals surface area contributed by atoms with Gasteiger partial charge in [0.25, 0.3) is 0 Å². The number of nitrogens with zero attached hydrogens (tertiary/aromatic N) is 1. The monoisotopic (exact) mass is 390 g/mol. The Bertz CT molecular complexity index is 898. The fourth-order valence-corrected chi connectivity index (χ4v) is 3.14. The molecular weight excluding hydrogens is 364 g/mol. The second-order valence-electron chi connectivity index (χ2n) is 6.75. The van der Waals surface area contributed by atoms with Crippen LogP contribution in [0.5, 0.6) is 11.5 Å². The molecule has 5 nitrogen and oxygen atoms in total. The lowest BCUT2D eigenvalue weighted by Gasteiger charge is -2.31. The third-order valence-electron chi connectivity index (χ3n) is 4.78. The van der Waals surface area contributed by atoms with Gasteiger partial charge in [-0.1, -0.05) is 48.5 Å². The summed E-state index contributed by atoms with van der Waals surface area (Å²) in [4.78, 5) is 14.4. The number of anilines is 1. The van der Waals surface area contributed by atoms with E-state index in [2.05, 4.69) is 5.32 Å². The van der Waals surface area contributed by atoms with Gasteiger partial charge in [-0.25, -0.2) is 4.79 Å². The number of amides is 2. The van der Waals surface area contributed by atoms with Crippen molar-refractivity contribution >= 4 is 11.7 Å². The maximum Gasteiger partial charge on any atom is 0.322 e. The molecule has 29 heavy (non-hydrogen) atoms. The van der Waals surface area contributed by atoms with Gasteiger partial charge in [-0.3, -0.25) is 0 Å². The first-order chi connectivity index (χ1) is 14.1. The van der Waals surface area contributed by atoms with E-state index in [9.17, 15) is 9.90 Å². The number of carbonyl (C=O) groups is 1. The van der Waals surface area contributed by atoms with Gasteiger partial charge in [-0.2, -0.15) is 0 Å². The van der Waals surface area contributed by atoms with Crippen molar-refractivity contribution in [2.75, 3.05) is 11.9 Å². The molecule has 150 valence electrons. The van der Waals surface area contributed by atoms with E-state index in [0.717, 1.165) is 11.3 Å². The molecule has 0 heterocycles. The molecule has 0 saturated carbocycles. The second kappa shape index (κ2) is 9.75. The van der Waals surface area contributed by atoms with Crippen LogP contribution in [0, 0.1) is 0 Å². The van der Waals surface area contributed by atoms with Gasteiger partial charge in [0.15, 0.2) is 0 Å². The molecule has 0 aliphatic heterocycles. The highest BCUT2D eigenvalue weighted by Crippen LogP contribution is 2.24. The van der Waals surface area contributed by atoms with Gasteiger partial charge in [0.2, 0.25) is 0 Å². The molecule has 0 spiro atoms. The molecule has 2 atom stereocenters. The Hall–Kier alpha value is -3.31. The molecule has 0 saturated heterocycles. The van der Waals surface area contributed by atoms with Crippen molar-refractivity contribution in [3.05, 3.63) is 90.5 Å². The van der Waals surface area contributed by atoms with E-state index in [4.69, 9.17) is 4.74 Å². The molecule has 3 rings (SSSR count). The first kappa shape index (κ1) is 20.4. The first-order valence-corrected chi connectivity index (χ1v) is 9.72. The lowest BCUT2D eigenvalue weighted by Crippen LogP contribution is -2.44. The number of aliphatic hydroxyl groups is 1. The zero-order valence-corrected chi connectivity index (χ0v) is 16.7. The van der Waals surface area contributed by atoms with Crippen molar-refractivity contribution < 1.29 is 14.6 Å². The predicted molar refractivity (Wildman–Crippen MR) is 115 cm³/mol. The Morgan fingerprint density at radius 3 is 2.07 bits per heavy atom. The summed E-state index contributed by atoms with van der Waals surface area (Å²) in [7, 11) is 0. The normalized spacial score (nSPS) is 12.7. The minimum absolute atomic E-state index is 0.258. The smallest absolute Gasteiger partial charge is 0.322 e. The molecule has 3 aromatic rings. The van der Waals surface area contributed by atoms with Crippen LogP contribution >= 0.6 is 0 Å². The Morgan fingerprint density at radius 2 is 1.48 bits per heavy atom. The van der Waals surface area contributed by atoms with Gasteiger partial charge in [0.1, 0.15) is 11.5 Å². The zero-order chi connectivity index (χ0) is 20.6. The van der Waals surface area contributed by atoms with E-state index >= 15 is 0 Å². The summed E-state index contributed by atoms with van der Waals surface area (Å²) in [5.41, 5.74) is 1.45. The zero-order valence-electron chi connectivity index (χ0n) is 16.7. The molecule has 0 radical (unpaired) electrons. The van der Waals surface area contributed by atoms with Gasteiger partial charge >= 0.3 is 6.03 Å². The van der Waals surface area contributed by atoms with Gasteiger partial charge in [-0.05, 0) is 55.8 Å². The Morgan fingerprint density at radius 1 is 0.931 bits per heavy atom. The van der Waals surface area contributed by atoms with Crippen LogP contribution in [0.25, 0.3) is 0 Å². The topological polar surface area (TPSA) is 61.8 Å². The average molecular weight is 390 g/mol. The second-order valence-corrected chi connectivity index (χ2v) is 6.75. The van der Waals surface area contributed by atoms with E-state index in [0.29, 0.717) is 18.0 Å². The minimum atomic E-state index is -0.761. The van der Waals surface area contributed by atoms with Gasteiger partial charge in [0, 0.05) is 12.2 Å². The van der Waals surface area contributed by atoms with E-state index in [-0.39, 0.29) is 12.1 Å². The molecule has 0 bridgehead atoms. The van der Waals surface area contributed by atoms with Crippen molar-refractivity contribution in [3.63, 3.8) is 0 Å². The number of urea groups is 1. The molecule has 3 aromatic carbocycles. The number of rotatable bonds is 7. The van der Waals surface area contributed by atoms with Crippen molar-refractivity contribution in [2.45, 2.75) is 26.0 Å². The SMILES string of the molecule is CCN(C(=O)Nc1ccc(Oc2ccccc2)cc1)[C@H](C)[C@@H](O)c1ccccc1. The number of ether oxygens (including phenoxy) is 1. The highest BCUT2D eigenvalue weighted by atomic mass is 16.5. The Kier molecular flexibility index (Phi) is 6.87. The summed E-state index contributed by atoms with van der Waals surface area (Å²) in [5.74, 6) is 1.44. The highest BCUT2D eigenvalue weighted by molar-refractivity contribution is 5.89. The van der Waals surface area contributed by atoms with Crippen molar-refractivity contribution in [1.82, 2.24) is 4.90 Å². The van der Waals surface area contributed by atoms with Crippen molar-refractivity contribution in [2.24, 2.45) is 0 Å². The molecular formula is C24H26N2O3. The summed E-state index contributed by atoms with van der Waals surface area (Å²) >= 11 is 0. The fourth-order valence-electron chi connectivity index (χ4n) is 3.14. The van der Waals surface area contributed by atoms with Crippen LogP contribution in [0.4, 0.5) is 10.5 Å². The number of hydrogen-bond acceptors (Lipinski definition) is 3. The predicted octanol–water partition coefficient (Wildman–Crippen LogP) is 5.45. The number of hydrogen-bond donors (Lipinski definition) is 2. The molecule has 0 aliphatic rings. The van der Waals surface area contributed by atoms with E-state index < -0.39 is 6.10 Å². The Balaban J connectivity index is 1.63. The molecule has 0 aromatic heterocycles. The summed E-state index contributed by atoms with van der Waals surface area (Å²) in [6.07, 6.45) is -0.761. The third kappa shape index (κ3) is 5.36. The van der Waals surface area contributed by atoms with Crippen LogP contribution in [0.15, 0.2) is 84.9 Å². The number of para-hydroxylation sites is 1. The van der Waals surface area contributed by atoms with Crippen LogP contribution in [-0.2, 0) is 0 Å². The lowest BCUT2D eigenvalue weighted by atomic mass is 10.0. The average Bonchev–Trinajstić information content (AvgIpc) is 2.76. The molecule has 0 unspecified atom stereocenters. The summed E-state index contributed by atoms with van der Waals surface area (Å²) in [6, 6.07) is 25.5. The molecule has 0 fully saturated rings. The standard InChI is InChI=1S/C24H26N2O3/c1-3-26(18(2)23(27)19-10-6-4-7-11-19)24(28)25-20-14-16-22(17-15-20)29-21-12-8-5-9-13-21/h4-18,23,27H,3H2,1-2H3,(H,25,28)/t18-,23-/m1/s1. The van der Waals surface area contributed by atoms with Crippen LogP contribution in [0.1, 0.15) is 25.5 Å². The number of benzene rings is 3. The summed E-state index contributed by atoms with van der Waals surface area (Å²) < 4.78 is 5.77. The highest BCUT2D eigenvalue weighted by Gasteiger charge is 2.26. The van der Waals surface area contributed by atoms with Crippen LogP contribution < -0.4 is 10.1 Å². The van der Waals surface area contributed by atoms with Gasteiger partial charge in [-0.15, -0.1) is 0 Å². The largest absolute Gasteiger partial charge is 0.457 e. The lowest BCUT2D eigenvalue weighted by molar-refractivity contribution is 0.0804. The summed E-state index contributed by atoms with van der Waals surface area (Å²) in [5, 5.41) is 13.5. The maximum absolute atomic E-state index is 12.8. The quantitative estimate of drug-likeness (QED) is 0.563. The van der Waals surface area contributed by atoms with Gasteiger partial charge in [0.05, 0.1) is 12.1 Å². The summed E-state index contributed by atoms with van der Waals surface area (Å²) in [6.45, 7) is 4.22. The van der Waals surface area contributed by atoms with Crippen molar-refractivity contribution in [3.8, 4) is 11.5 Å². The van der Waals surface area contributed by atoms with Crippen molar-refractivity contribution in [1.29, 1.82) is 0 Å². The van der Waals surface area contributed by atoms with Crippen LogP contribution in [0.2, 0.25) is 0 Å². The first-order valence-electron chi connectivity index (χ1n) is 9.72.